The molecule has 19 heavy (non-hydrogen) atoms. The molecule has 2 aliphatic heterocycles. The van der Waals surface area contributed by atoms with Crippen molar-refractivity contribution in [2.75, 3.05) is 13.1 Å². The van der Waals surface area contributed by atoms with E-state index in [9.17, 15) is 4.79 Å². The molecule has 104 valence electrons. The maximum Gasteiger partial charge on any atom is 0.253 e. The fourth-order valence-corrected chi connectivity index (χ4v) is 3.24. The summed E-state index contributed by atoms with van der Waals surface area (Å²) >= 11 is 0. The van der Waals surface area contributed by atoms with Gasteiger partial charge in [-0.1, -0.05) is 0 Å². The van der Waals surface area contributed by atoms with E-state index in [-0.39, 0.29) is 5.56 Å². The van der Waals surface area contributed by atoms with E-state index in [1.807, 2.05) is 4.57 Å². The summed E-state index contributed by atoms with van der Waals surface area (Å²) in [7, 11) is 0. The summed E-state index contributed by atoms with van der Waals surface area (Å²) in [5.74, 6) is 1.82. The number of nitrogens with zero attached hydrogens (tertiary/aromatic N) is 2. The molecule has 2 aliphatic rings. The molecular formula is C15H23N3O. The summed E-state index contributed by atoms with van der Waals surface area (Å²) in [6.07, 6.45) is 7.93. The Morgan fingerprint density at radius 3 is 3.00 bits per heavy atom. The molecule has 0 bridgehead atoms. The van der Waals surface area contributed by atoms with Crippen molar-refractivity contribution < 1.29 is 0 Å². The van der Waals surface area contributed by atoms with Gasteiger partial charge in [-0.15, -0.1) is 0 Å². The molecule has 1 aromatic heterocycles. The van der Waals surface area contributed by atoms with Gasteiger partial charge in [0.15, 0.2) is 0 Å². The first kappa shape index (κ1) is 12.9. The third-order valence-electron chi connectivity index (χ3n) is 4.44. The van der Waals surface area contributed by atoms with E-state index in [0.717, 1.165) is 56.3 Å². The Morgan fingerprint density at radius 2 is 2.16 bits per heavy atom. The number of fused-ring (bicyclic) bond motifs is 1. The molecule has 1 fully saturated rings. The van der Waals surface area contributed by atoms with Crippen molar-refractivity contribution in [3.05, 3.63) is 27.9 Å². The van der Waals surface area contributed by atoms with E-state index < -0.39 is 0 Å². The first-order valence-corrected chi connectivity index (χ1v) is 7.63. The highest BCUT2D eigenvalue weighted by atomic mass is 16.1. The van der Waals surface area contributed by atoms with Gasteiger partial charge >= 0.3 is 0 Å². The van der Waals surface area contributed by atoms with Gasteiger partial charge in [-0.2, -0.15) is 0 Å². The van der Waals surface area contributed by atoms with Crippen LogP contribution in [-0.4, -0.2) is 22.6 Å². The van der Waals surface area contributed by atoms with E-state index in [1.54, 1.807) is 6.07 Å². The van der Waals surface area contributed by atoms with Crippen molar-refractivity contribution in [2.24, 2.45) is 5.92 Å². The maximum absolute atomic E-state index is 12.0. The van der Waals surface area contributed by atoms with Crippen molar-refractivity contribution in [1.82, 2.24) is 14.9 Å². The zero-order valence-corrected chi connectivity index (χ0v) is 11.5. The lowest BCUT2D eigenvalue weighted by atomic mass is 9.92. The van der Waals surface area contributed by atoms with Crippen LogP contribution >= 0.6 is 0 Å². The molecule has 4 heteroatoms. The third kappa shape index (κ3) is 3.06. The number of aromatic nitrogens is 2. The van der Waals surface area contributed by atoms with Crippen molar-refractivity contribution in [2.45, 2.75) is 51.5 Å². The maximum atomic E-state index is 12.0. The van der Waals surface area contributed by atoms with Gasteiger partial charge in [-0.3, -0.25) is 9.36 Å². The molecule has 0 aliphatic carbocycles. The summed E-state index contributed by atoms with van der Waals surface area (Å²) in [5.41, 5.74) is 1.17. The predicted octanol–water partition coefficient (Wildman–Crippen LogP) is 1.51. The number of aryl methyl sites for hydroxylation is 2. The Kier molecular flexibility index (Phi) is 3.97. The highest BCUT2D eigenvalue weighted by molar-refractivity contribution is 5.06. The molecule has 1 N–H and O–H groups in total. The molecule has 1 aromatic rings. The molecular weight excluding hydrogens is 238 g/mol. The van der Waals surface area contributed by atoms with Crippen LogP contribution in [0.4, 0.5) is 0 Å². The number of piperidine rings is 1. The largest absolute Gasteiger partial charge is 0.317 e. The minimum absolute atomic E-state index is 0.157. The Labute approximate surface area is 114 Å². The van der Waals surface area contributed by atoms with Gasteiger partial charge in [0.25, 0.3) is 5.56 Å². The molecule has 3 heterocycles. The topological polar surface area (TPSA) is 46.9 Å². The Balaban J connectivity index is 1.67. The third-order valence-corrected chi connectivity index (χ3v) is 4.44. The molecule has 0 spiro atoms. The molecule has 0 aromatic carbocycles. The van der Waals surface area contributed by atoms with Crippen LogP contribution in [0.2, 0.25) is 0 Å². The van der Waals surface area contributed by atoms with Crippen molar-refractivity contribution >= 4 is 0 Å². The van der Waals surface area contributed by atoms with Crippen molar-refractivity contribution in [3.8, 4) is 0 Å². The number of nitrogens with one attached hydrogen (secondary N) is 1. The lowest BCUT2D eigenvalue weighted by Crippen LogP contribution is -2.29. The fraction of sp³-hybridized carbons (Fsp3) is 0.733. The van der Waals surface area contributed by atoms with Crippen LogP contribution in [0.25, 0.3) is 0 Å². The summed E-state index contributed by atoms with van der Waals surface area (Å²) in [5, 5.41) is 3.39. The van der Waals surface area contributed by atoms with Gasteiger partial charge in [0.1, 0.15) is 5.82 Å². The molecule has 0 saturated carbocycles. The average molecular weight is 261 g/mol. The average Bonchev–Trinajstić information content (AvgIpc) is 2.46. The normalized spacial score (nSPS) is 20.2. The van der Waals surface area contributed by atoms with E-state index in [0.29, 0.717) is 0 Å². The fourth-order valence-electron chi connectivity index (χ4n) is 3.24. The first-order valence-electron chi connectivity index (χ1n) is 7.63. The van der Waals surface area contributed by atoms with Crippen LogP contribution in [0.3, 0.4) is 0 Å². The second kappa shape index (κ2) is 5.87. The molecule has 4 nitrogen and oxygen atoms in total. The van der Waals surface area contributed by atoms with Gasteiger partial charge in [-0.05, 0) is 57.5 Å². The Morgan fingerprint density at radius 1 is 1.32 bits per heavy atom. The minimum Gasteiger partial charge on any atom is -0.317 e. The zero-order chi connectivity index (χ0) is 13.1. The molecule has 0 amide bonds. The zero-order valence-electron chi connectivity index (χ0n) is 11.5. The van der Waals surface area contributed by atoms with E-state index in [4.69, 9.17) is 4.98 Å². The summed E-state index contributed by atoms with van der Waals surface area (Å²) < 4.78 is 1.86. The van der Waals surface area contributed by atoms with Gasteiger partial charge < -0.3 is 5.32 Å². The van der Waals surface area contributed by atoms with Crippen LogP contribution in [0.5, 0.6) is 0 Å². The van der Waals surface area contributed by atoms with E-state index in [1.165, 1.54) is 25.7 Å². The Bertz CT molecular complexity index is 489. The second-order valence-corrected chi connectivity index (χ2v) is 5.84. The van der Waals surface area contributed by atoms with Crippen LogP contribution in [-0.2, 0) is 19.4 Å². The first-order chi connectivity index (χ1) is 9.33. The SMILES string of the molecule is O=c1cc(CCC2CCNCC2)nc2n1CCCC2. The van der Waals surface area contributed by atoms with E-state index >= 15 is 0 Å². The predicted molar refractivity (Wildman–Crippen MR) is 75.3 cm³/mol. The quantitative estimate of drug-likeness (QED) is 0.897. The highest BCUT2D eigenvalue weighted by Crippen LogP contribution is 2.18. The standard InChI is InChI=1S/C15H23N3O/c19-15-11-13(5-4-12-6-8-16-9-7-12)17-14-3-1-2-10-18(14)15/h11-12,16H,1-10H2. The molecule has 1 saturated heterocycles. The van der Waals surface area contributed by atoms with Crippen LogP contribution in [0.1, 0.15) is 43.6 Å². The summed E-state index contributed by atoms with van der Waals surface area (Å²) in [6, 6.07) is 1.76. The van der Waals surface area contributed by atoms with Gasteiger partial charge in [0.05, 0.1) is 0 Å². The lowest BCUT2D eigenvalue weighted by Gasteiger charge is -2.22. The van der Waals surface area contributed by atoms with Gasteiger partial charge in [-0.25, -0.2) is 4.98 Å². The van der Waals surface area contributed by atoms with Crippen LogP contribution in [0.15, 0.2) is 10.9 Å². The number of hydrogen-bond donors (Lipinski definition) is 1. The van der Waals surface area contributed by atoms with Crippen molar-refractivity contribution in [3.63, 3.8) is 0 Å². The molecule has 0 radical (unpaired) electrons. The van der Waals surface area contributed by atoms with Crippen LogP contribution < -0.4 is 10.9 Å². The van der Waals surface area contributed by atoms with Crippen LogP contribution in [0, 0.1) is 5.92 Å². The van der Waals surface area contributed by atoms with Gasteiger partial charge in [0.2, 0.25) is 0 Å². The molecule has 3 rings (SSSR count). The molecule has 0 atom stereocenters. The summed E-state index contributed by atoms with van der Waals surface area (Å²) in [4.78, 5) is 16.8. The Hall–Kier alpha value is -1.16. The molecule has 0 unspecified atom stereocenters. The summed E-state index contributed by atoms with van der Waals surface area (Å²) in [6.45, 7) is 3.14. The lowest BCUT2D eigenvalue weighted by molar-refractivity contribution is 0.352. The van der Waals surface area contributed by atoms with Gasteiger partial charge in [0, 0.05) is 24.7 Å². The number of hydrogen-bond acceptors (Lipinski definition) is 3. The second-order valence-electron chi connectivity index (χ2n) is 5.84. The number of rotatable bonds is 3. The minimum atomic E-state index is 0.157. The highest BCUT2D eigenvalue weighted by Gasteiger charge is 2.15. The monoisotopic (exact) mass is 261 g/mol. The van der Waals surface area contributed by atoms with E-state index in [2.05, 4.69) is 5.32 Å². The smallest absolute Gasteiger partial charge is 0.253 e. The van der Waals surface area contributed by atoms with Crippen molar-refractivity contribution in [1.29, 1.82) is 0 Å².